The van der Waals surface area contributed by atoms with E-state index < -0.39 is 0 Å². The molecular weight excluding hydrogens is 210 g/mol. The van der Waals surface area contributed by atoms with E-state index in [0.29, 0.717) is 18.9 Å². The van der Waals surface area contributed by atoms with Gasteiger partial charge in [-0.15, -0.1) is 0 Å². The van der Waals surface area contributed by atoms with Crippen LogP contribution >= 0.6 is 0 Å². The number of nitrogens with one attached hydrogen (secondary N) is 1. The van der Waals surface area contributed by atoms with Gasteiger partial charge in [0.2, 0.25) is 5.91 Å². The van der Waals surface area contributed by atoms with E-state index in [1.54, 1.807) is 0 Å². The van der Waals surface area contributed by atoms with Crippen LogP contribution in [-0.2, 0) is 17.8 Å². The monoisotopic (exact) mass is 233 g/mol. The normalized spacial score (nSPS) is 10.6. The molecule has 0 spiro atoms. The summed E-state index contributed by atoms with van der Waals surface area (Å²) in [5, 5.41) is 2.94. The molecule has 0 radical (unpaired) electrons. The molecule has 1 N–H and O–H groups in total. The van der Waals surface area contributed by atoms with Crippen LogP contribution < -0.4 is 5.32 Å². The first-order valence-electron chi connectivity index (χ1n) is 6.46. The second kappa shape index (κ2) is 7.10. The van der Waals surface area contributed by atoms with Crippen molar-refractivity contribution >= 4 is 5.91 Å². The third-order valence-electron chi connectivity index (χ3n) is 2.64. The fourth-order valence-corrected chi connectivity index (χ4v) is 1.76. The predicted molar refractivity (Wildman–Crippen MR) is 71.7 cm³/mol. The zero-order valence-electron chi connectivity index (χ0n) is 11.1. The molecule has 1 aromatic rings. The number of aryl methyl sites for hydroxylation is 1. The Kier molecular flexibility index (Phi) is 5.75. The van der Waals surface area contributed by atoms with Crippen LogP contribution in [0.5, 0.6) is 0 Å². The summed E-state index contributed by atoms with van der Waals surface area (Å²) in [6.45, 7) is 6.93. The van der Waals surface area contributed by atoms with Crippen LogP contribution in [0.1, 0.15) is 44.7 Å². The van der Waals surface area contributed by atoms with E-state index in [4.69, 9.17) is 0 Å². The average Bonchev–Trinajstić information content (AvgIpc) is 2.28. The van der Waals surface area contributed by atoms with Gasteiger partial charge >= 0.3 is 0 Å². The van der Waals surface area contributed by atoms with Crippen molar-refractivity contribution in [1.82, 2.24) is 5.32 Å². The van der Waals surface area contributed by atoms with E-state index in [0.717, 1.165) is 6.42 Å². The van der Waals surface area contributed by atoms with Crippen molar-refractivity contribution in [3.63, 3.8) is 0 Å². The molecule has 0 aliphatic rings. The lowest BCUT2D eigenvalue weighted by molar-refractivity contribution is -0.121. The molecular formula is C15H23NO. The molecule has 0 unspecified atom stereocenters. The minimum absolute atomic E-state index is 0.137. The van der Waals surface area contributed by atoms with Gasteiger partial charge in [0, 0.05) is 13.0 Å². The summed E-state index contributed by atoms with van der Waals surface area (Å²) >= 11 is 0. The Hall–Kier alpha value is -1.31. The highest BCUT2D eigenvalue weighted by Crippen LogP contribution is 2.07. The van der Waals surface area contributed by atoms with Crippen molar-refractivity contribution < 1.29 is 4.79 Å². The lowest BCUT2D eigenvalue weighted by Crippen LogP contribution is -2.23. The highest BCUT2D eigenvalue weighted by Gasteiger charge is 2.03. The summed E-state index contributed by atoms with van der Waals surface area (Å²) in [5.41, 5.74) is 2.53. The minimum Gasteiger partial charge on any atom is -0.352 e. The SMILES string of the molecule is CCCc1ccc(CNC(=O)CC(C)C)cc1. The second-order valence-electron chi connectivity index (χ2n) is 4.94. The molecule has 1 rings (SSSR count). The van der Waals surface area contributed by atoms with Crippen molar-refractivity contribution in [2.75, 3.05) is 0 Å². The molecule has 0 aliphatic heterocycles. The Balaban J connectivity index is 2.39. The van der Waals surface area contributed by atoms with Gasteiger partial charge in [-0.2, -0.15) is 0 Å². The quantitative estimate of drug-likeness (QED) is 0.802. The number of benzene rings is 1. The van der Waals surface area contributed by atoms with Crippen molar-refractivity contribution in [2.45, 2.75) is 46.6 Å². The maximum absolute atomic E-state index is 11.5. The van der Waals surface area contributed by atoms with E-state index in [-0.39, 0.29) is 5.91 Å². The molecule has 0 bridgehead atoms. The first kappa shape index (κ1) is 13.8. The summed E-state index contributed by atoms with van der Waals surface area (Å²) in [6.07, 6.45) is 2.90. The lowest BCUT2D eigenvalue weighted by Gasteiger charge is -2.07. The molecule has 0 saturated heterocycles. The van der Waals surface area contributed by atoms with E-state index in [9.17, 15) is 4.79 Å². The Bertz CT molecular complexity index is 340. The van der Waals surface area contributed by atoms with Crippen LogP contribution in [0.15, 0.2) is 24.3 Å². The average molecular weight is 233 g/mol. The van der Waals surface area contributed by atoms with Crippen LogP contribution in [0.4, 0.5) is 0 Å². The summed E-state index contributed by atoms with van der Waals surface area (Å²) in [6, 6.07) is 8.49. The van der Waals surface area contributed by atoms with Gasteiger partial charge in [-0.3, -0.25) is 4.79 Å². The molecule has 17 heavy (non-hydrogen) atoms. The van der Waals surface area contributed by atoms with Crippen molar-refractivity contribution in [1.29, 1.82) is 0 Å². The molecule has 2 nitrogen and oxygen atoms in total. The maximum Gasteiger partial charge on any atom is 0.220 e. The molecule has 94 valence electrons. The highest BCUT2D eigenvalue weighted by atomic mass is 16.1. The van der Waals surface area contributed by atoms with Crippen LogP contribution in [-0.4, -0.2) is 5.91 Å². The Morgan fingerprint density at radius 2 is 1.76 bits per heavy atom. The fourth-order valence-electron chi connectivity index (χ4n) is 1.76. The number of rotatable bonds is 6. The molecule has 0 atom stereocenters. The highest BCUT2D eigenvalue weighted by molar-refractivity contribution is 5.76. The summed E-state index contributed by atoms with van der Waals surface area (Å²) in [4.78, 5) is 11.5. The molecule has 0 heterocycles. The van der Waals surface area contributed by atoms with E-state index >= 15 is 0 Å². The summed E-state index contributed by atoms with van der Waals surface area (Å²) in [7, 11) is 0. The standard InChI is InChI=1S/C15H23NO/c1-4-5-13-6-8-14(9-7-13)11-16-15(17)10-12(2)3/h6-9,12H,4-5,10-11H2,1-3H3,(H,16,17). The molecule has 0 aromatic heterocycles. The van der Waals surface area contributed by atoms with Crippen molar-refractivity contribution in [3.05, 3.63) is 35.4 Å². The minimum atomic E-state index is 0.137. The van der Waals surface area contributed by atoms with Gasteiger partial charge in [0.25, 0.3) is 0 Å². The van der Waals surface area contributed by atoms with Crippen LogP contribution in [0.25, 0.3) is 0 Å². The first-order valence-corrected chi connectivity index (χ1v) is 6.46. The van der Waals surface area contributed by atoms with Crippen LogP contribution in [0, 0.1) is 5.92 Å². The Morgan fingerprint density at radius 3 is 2.29 bits per heavy atom. The molecule has 0 fully saturated rings. The Morgan fingerprint density at radius 1 is 1.18 bits per heavy atom. The van der Waals surface area contributed by atoms with Gasteiger partial charge in [-0.25, -0.2) is 0 Å². The van der Waals surface area contributed by atoms with Crippen molar-refractivity contribution in [2.24, 2.45) is 5.92 Å². The van der Waals surface area contributed by atoms with Crippen molar-refractivity contribution in [3.8, 4) is 0 Å². The van der Waals surface area contributed by atoms with Gasteiger partial charge in [0.1, 0.15) is 0 Å². The topological polar surface area (TPSA) is 29.1 Å². The largest absolute Gasteiger partial charge is 0.352 e. The summed E-state index contributed by atoms with van der Waals surface area (Å²) < 4.78 is 0. The molecule has 1 amide bonds. The molecule has 2 heteroatoms. The third-order valence-corrected chi connectivity index (χ3v) is 2.64. The van der Waals surface area contributed by atoms with Gasteiger partial charge in [-0.05, 0) is 23.5 Å². The molecule has 0 saturated carbocycles. The number of carbonyl (C=O) groups is 1. The first-order chi connectivity index (χ1) is 8.11. The number of hydrogen-bond acceptors (Lipinski definition) is 1. The third kappa shape index (κ3) is 5.53. The van der Waals surface area contributed by atoms with E-state index in [1.165, 1.54) is 17.5 Å². The number of hydrogen-bond donors (Lipinski definition) is 1. The zero-order valence-corrected chi connectivity index (χ0v) is 11.1. The van der Waals surface area contributed by atoms with Gasteiger partial charge in [-0.1, -0.05) is 51.5 Å². The maximum atomic E-state index is 11.5. The van der Waals surface area contributed by atoms with E-state index in [2.05, 4.69) is 50.4 Å². The van der Waals surface area contributed by atoms with E-state index in [1.807, 2.05) is 0 Å². The smallest absolute Gasteiger partial charge is 0.220 e. The molecule has 0 aliphatic carbocycles. The van der Waals surface area contributed by atoms with Gasteiger partial charge in [0.15, 0.2) is 0 Å². The van der Waals surface area contributed by atoms with Gasteiger partial charge in [0.05, 0.1) is 0 Å². The number of carbonyl (C=O) groups excluding carboxylic acids is 1. The molecule has 1 aromatic carbocycles. The number of amides is 1. The fraction of sp³-hybridized carbons (Fsp3) is 0.533. The predicted octanol–water partition coefficient (Wildman–Crippen LogP) is 3.30. The second-order valence-corrected chi connectivity index (χ2v) is 4.94. The summed E-state index contributed by atoms with van der Waals surface area (Å²) in [5.74, 6) is 0.555. The lowest BCUT2D eigenvalue weighted by atomic mass is 10.1. The Labute approximate surface area is 104 Å². The van der Waals surface area contributed by atoms with Gasteiger partial charge < -0.3 is 5.32 Å². The van der Waals surface area contributed by atoms with Crippen LogP contribution in [0.3, 0.4) is 0 Å². The van der Waals surface area contributed by atoms with Crippen LogP contribution in [0.2, 0.25) is 0 Å². The zero-order chi connectivity index (χ0) is 12.7.